The molecule has 18 heavy (non-hydrogen) atoms. The molecule has 3 nitrogen and oxygen atoms in total. The van der Waals surface area contributed by atoms with Crippen molar-refractivity contribution < 1.29 is 36.2 Å². The highest BCUT2D eigenvalue weighted by Gasteiger charge is 2.41. The largest absolute Gasteiger partial charge is 0.481 e. The maximum Gasteiger partial charge on any atom is 0.421 e. The Balaban J connectivity index is 3.53. The summed E-state index contributed by atoms with van der Waals surface area (Å²) in [5.41, 5.74) is -4.78. The zero-order chi connectivity index (χ0) is 14.1. The topological polar surface area (TPSA) is 50.2 Å². The van der Waals surface area contributed by atoms with Gasteiger partial charge in [0.25, 0.3) is 6.43 Å². The van der Waals surface area contributed by atoms with E-state index >= 15 is 0 Å². The van der Waals surface area contributed by atoms with Crippen LogP contribution in [0, 0.1) is 5.95 Å². The van der Waals surface area contributed by atoms with Gasteiger partial charge in [-0.15, -0.1) is 0 Å². The average Bonchev–Trinajstić information content (AvgIpc) is 2.17. The number of hydrogen-bond acceptors (Lipinski definition) is 2. The Morgan fingerprint density at radius 2 is 1.94 bits per heavy atom. The molecule has 1 N–H and O–H groups in total. The van der Waals surface area contributed by atoms with Crippen LogP contribution < -0.4 is 0 Å². The van der Waals surface area contributed by atoms with Gasteiger partial charge in [0, 0.05) is 11.8 Å². The first-order chi connectivity index (χ1) is 8.14. The summed E-state index contributed by atoms with van der Waals surface area (Å²) >= 11 is 0. The van der Waals surface area contributed by atoms with Crippen LogP contribution in [0.4, 0.5) is 26.3 Å². The number of carboxylic acids is 1. The molecular formula is C9H5F6NO2. The average molecular weight is 273 g/mol. The van der Waals surface area contributed by atoms with Crippen molar-refractivity contribution in [1.82, 2.24) is 4.98 Å². The van der Waals surface area contributed by atoms with Crippen LogP contribution in [0.5, 0.6) is 0 Å². The van der Waals surface area contributed by atoms with Gasteiger partial charge in [-0.05, 0) is 5.56 Å². The molecule has 0 atom stereocenters. The Morgan fingerprint density at radius 1 is 1.39 bits per heavy atom. The minimum atomic E-state index is -5.38. The van der Waals surface area contributed by atoms with E-state index in [1.807, 2.05) is 0 Å². The number of aromatic nitrogens is 1. The predicted octanol–water partition coefficient (Wildman–Crippen LogP) is 2.80. The summed E-state index contributed by atoms with van der Waals surface area (Å²) in [5, 5.41) is 8.39. The molecule has 0 aliphatic carbocycles. The van der Waals surface area contributed by atoms with Gasteiger partial charge in [0.15, 0.2) is 0 Å². The number of rotatable bonds is 3. The summed E-state index contributed by atoms with van der Waals surface area (Å²) in [7, 11) is 0. The minimum absolute atomic E-state index is 0.361. The monoisotopic (exact) mass is 273 g/mol. The van der Waals surface area contributed by atoms with Gasteiger partial charge in [0.2, 0.25) is 5.95 Å². The first-order valence-electron chi connectivity index (χ1n) is 4.39. The summed E-state index contributed by atoms with van der Waals surface area (Å²) < 4.78 is 75.3. The van der Waals surface area contributed by atoms with Crippen LogP contribution in [0.15, 0.2) is 6.20 Å². The first kappa shape index (κ1) is 14.3. The van der Waals surface area contributed by atoms with Crippen LogP contribution >= 0.6 is 0 Å². The van der Waals surface area contributed by atoms with Crippen LogP contribution in [0.25, 0.3) is 0 Å². The number of carbonyl (C=O) groups is 1. The van der Waals surface area contributed by atoms with Gasteiger partial charge in [-0.2, -0.15) is 17.6 Å². The van der Waals surface area contributed by atoms with E-state index in [1.165, 1.54) is 0 Å². The number of pyridine rings is 1. The minimum Gasteiger partial charge on any atom is -0.481 e. The molecule has 0 saturated carbocycles. The van der Waals surface area contributed by atoms with Crippen LogP contribution in [-0.4, -0.2) is 16.1 Å². The molecule has 1 heterocycles. The zero-order valence-electron chi connectivity index (χ0n) is 8.43. The molecule has 0 aromatic carbocycles. The lowest BCUT2D eigenvalue weighted by Gasteiger charge is -2.15. The smallest absolute Gasteiger partial charge is 0.421 e. The number of carboxylic acid groups (broad SMARTS) is 1. The van der Waals surface area contributed by atoms with Crippen molar-refractivity contribution in [2.24, 2.45) is 0 Å². The molecule has 0 amide bonds. The van der Waals surface area contributed by atoms with Crippen molar-refractivity contribution in [3.05, 3.63) is 28.8 Å². The van der Waals surface area contributed by atoms with E-state index in [-0.39, 0.29) is 0 Å². The standard InChI is InChI=1S/C9H5F6NO2/c10-7(11)5-3(1-4(17)18)2-16-8(12)6(5)9(13,14)15/h2,7H,1H2,(H,17,18). The van der Waals surface area contributed by atoms with Gasteiger partial charge in [0.05, 0.1) is 6.42 Å². The van der Waals surface area contributed by atoms with E-state index in [2.05, 4.69) is 4.98 Å². The highest BCUT2D eigenvalue weighted by atomic mass is 19.4. The second-order valence-corrected chi connectivity index (χ2v) is 3.23. The molecule has 0 bridgehead atoms. The predicted molar refractivity (Wildman–Crippen MR) is 45.5 cm³/mol. The molecular weight excluding hydrogens is 268 g/mol. The third-order valence-electron chi connectivity index (χ3n) is 2.00. The molecule has 1 aromatic rings. The second-order valence-electron chi connectivity index (χ2n) is 3.23. The molecule has 0 unspecified atom stereocenters. The fraction of sp³-hybridized carbons (Fsp3) is 0.333. The van der Waals surface area contributed by atoms with E-state index in [9.17, 15) is 31.1 Å². The summed E-state index contributed by atoms with van der Waals surface area (Å²) in [5.74, 6) is -3.73. The quantitative estimate of drug-likeness (QED) is 0.680. The normalized spacial score (nSPS) is 11.9. The Bertz CT molecular complexity index is 471. The van der Waals surface area contributed by atoms with Gasteiger partial charge in [-0.3, -0.25) is 4.79 Å². The first-order valence-corrected chi connectivity index (χ1v) is 4.39. The highest BCUT2D eigenvalue weighted by molar-refractivity contribution is 5.70. The lowest BCUT2D eigenvalue weighted by atomic mass is 10.0. The number of hydrogen-bond donors (Lipinski definition) is 1. The van der Waals surface area contributed by atoms with E-state index in [0.717, 1.165) is 0 Å². The number of halogens is 6. The Hall–Kier alpha value is -1.80. The fourth-order valence-corrected chi connectivity index (χ4v) is 1.36. The van der Waals surface area contributed by atoms with Crippen molar-refractivity contribution in [2.75, 3.05) is 0 Å². The molecule has 0 aliphatic rings. The van der Waals surface area contributed by atoms with E-state index in [1.54, 1.807) is 0 Å². The summed E-state index contributed by atoms with van der Waals surface area (Å²) in [6.45, 7) is 0. The molecule has 9 heteroatoms. The number of alkyl halides is 5. The van der Waals surface area contributed by atoms with Crippen molar-refractivity contribution in [1.29, 1.82) is 0 Å². The Kier molecular flexibility index (Phi) is 3.82. The molecule has 0 fully saturated rings. The van der Waals surface area contributed by atoms with E-state index in [4.69, 9.17) is 5.11 Å². The van der Waals surface area contributed by atoms with Gasteiger partial charge >= 0.3 is 12.1 Å². The Morgan fingerprint density at radius 3 is 2.33 bits per heavy atom. The van der Waals surface area contributed by atoms with Crippen molar-refractivity contribution >= 4 is 5.97 Å². The van der Waals surface area contributed by atoms with E-state index in [0.29, 0.717) is 6.20 Å². The van der Waals surface area contributed by atoms with Crippen LogP contribution in [0.2, 0.25) is 0 Å². The maximum absolute atomic E-state index is 12.9. The zero-order valence-corrected chi connectivity index (χ0v) is 8.43. The fourth-order valence-electron chi connectivity index (χ4n) is 1.36. The highest BCUT2D eigenvalue weighted by Crippen LogP contribution is 2.39. The van der Waals surface area contributed by atoms with Crippen LogP contribution in [-0.2, 0) is 17.4 Å². The van der Waals surface area contributed by atoms with Crippen LogP contribution in [0.3, 0.4) is 0 Å². The summed E-state index contributed by atoms with van der Waals surface area (Å²) in [6, 6.07) is 0. The molecule has 0 spiro atoms. The lowest BCUT2D eigenvalue weighted by Crippen LogP contribution is -2.17. The molecule has 1 aromatic heterocycles. The van der Waals surface area contributed by atoms with Crippen LogP contribution in [0.1, 0.15) is 23.1 Å². The van der Waals surface area contributed by atoms with Crippen molar-refractivity contribution in [3.8, 4) is 0 Å². The maximum atomic E-state index is 12.9. The van der Waals surface area contributed by atoms with E-state index < -0.39 is 47.6 Å². The van der Waals surface area contributed by atoms with Gasteiger partial charge in [-0.25, -0.2) is 13.8 Å². The third kappa shape index (κ3) is 2.90. The number of nitrogens with zero attached hydrogens (tertiary/aromatic N) is 1. The molecule has 0 aliphatic heterocycles. The molecule has 1 rings (SSSR count). The Labute approximate surface area is 96.1 Å². The summed E-state index contributed by atoms with van der Waals surface area (Å²) in [4.78, 5) is 13.0. The van der Waals surface area contributed by atoms with Crippen molar-refractivity contribution in [3.63, 3.8) is 0 Å². The SMILES string of the molecule is O=C(O)Cc1cnc(F)c(C(F)(F)F)c1C(F)F. The second kappa shape index (κ2) is 4.83. The van der Waals surface area contributed by atoms with Gasteiger partial charge < -0.3 is 5.11 Å². The van der Waals surface area contributed by atoms with Gasteiger partial charge in [-0.1, -0.05) is 0 Å². The molecule has 100 valence electrons. The summed E-state index contributed by atoms with van der Waals surface area (Å²) in [6.07, 6.45) is -9.78. The van der Waals surface area contributed by atoms with Gasteiger partial charge in [0.1, 0.15) is 5.56 Å². The lowest BCUT2D eigenvalue weighted by molar-refractivity contribution is -0.143. The molecule has 0 radical (unpaired) electrons. The number of aliphatic carboxylic acids is 1. The third-order valence-corrected chi connectivity index (χ3v) is 2.00. The van der Waals surface area contributed by atoms with Crippen molar-refractivity contribution in [2.45, 2.75) is 19.0 Å². The molecule has 0 saturated heterocycles.